The van der Waals surface area contributed by atoms with E-state index in [1.165, 1.54) is 38.5 Å². The van der Waals surface area contributed by atoms with Crippen LogP contribution in [0.1, 0.15) is 65.7 Å². The Morgan fingerprint density at radius 1 is 1.12 bits per heavy atom. The predicted octanol–water partition coefficient (Wildman–Crippen LogP) is 3.50. The monoisotopic (exact) mass is 239 g/mol. The lowest BCUT2D eigenvalue weighted by Gasteiger charge is -2.39. The van der Waals surface area contributed by atoms with Gasteiger partial charge in [0.15, 0.2) is 0 Å². The van der Waals surface area contributed by atoms with Crippen LogP contribution in [-0.4, -0.2) is 24.3 Å². The van der Waals surface area contributed by atoms with E-state index >= 15 is 0 Å². The lowest BCUT2D eigenvalue weighted by molar-refractivity contribution is -0.0648. The van der Waals surface area contributed by atoms with Gasteiger partial charge in [-0.3, -0.25) is 0 Å². The number of rotatable bonds is 3. The summed E-state index contributed by atoms with van der Waals surface area (Å²) in [5.74, 6) is 0.912. The lowest BCUT2D eigenvalue weighted by Crippen LogP contribution is -2.48. The van der Waals surface area contributed by atoms with Crippen LogP contribution in [0.15, 0.2) is 0 Å². The second kappa shape index (κ2) is 5.71. The van der Waals surface area contributed by atoms with Gasteiger partial charge in [0, 0.05) is 18.7 Å². The molecule has 0 spiro atoms. The normalized spacial score (nSPS) is 32.3. The van der Waals surface area contributed by atoms with Gasteiger partial charge < -0.3 is 10.1 Å². The van der Waals surface area contributed by atoms with E-state index in [4.69, 9.17) is 4.74 Å². The molecule has 0 bridgehead atoms. The molecule has 17 heavy (non-hydrogen) atoms. The molecule has 2 nitrogen and oxygen atoms in total. The molecule has 2 rings (SSSR count). The molecule has 0 aromatic rings. The van der Waals surface area contributed by atoms with Crippen molar-refractivity contribution in [2.75, 3.05) is 6.61 Å². The Bertz CT molecular complexity index is 233. The van der Waals surface area contributed by atoms with E-state index in [0.29, 0.717) is 12.1 Å². The molecule has 0 aromatic carbocycles. The zero-order chi connectivity index (χ0) is 12.3. The van der Waals surface area contributed by atoms with Crippen LogP contribution in [0.25, 0.3) is 0 Å². The molecule has 1 aliphatic carbocycles. The Morgan fingerprint density at radius 3 is 2.47 bits per heavy atom. The highest BCUT2D eigenvalue weighted by atomic mass is 16.5. The fourth-order valence-electron chi connectivity index (χ4n) is 3.52. The first-order valence-electron chi connectivity index (χ1n) is 7.47. The van der Waals surface area contributed by atoms with E-state index in [0.717, 1.165) is 18.9 Å². The zero-order valence-corrected chi connectivity index (χ0v) is 11.8. The molecule has 2 atom stereocenters. The van der Waals surface area contributed by atoms with Crippen molar-refractivity contribution in [2.45, 2.75) is 83.4 Å². The molecule has 1 unspecified atom stereocenters. The summed E-state index contributed by atoms with van der Waals surface area (Å²) < 4.78 is 5.78. The van der Waals surface area contributed by atoms with Crippen molar-refractivity contribution in [1.82, 2.24) is 5.32 Å². The second-order valence-electron chi connectivity index (χ2n) is 6.65. The lowest BCUT2D eigenvalue weighted by atomic mass is 9.83. The fraction of sp³-hybridized carbons (Fsp3) is 1.00. The highest BCUT2D eigenvalue weighted by molar-refractivity contribution is 4.86. The molecule has 0 radical (unpaired) electrons. The molecule has 2 aliphatic rings. The standard InChI is InChI=1S/C15H29NO/c1-12(13-7-5-4-6-8-13)16-14-9-10-17-15(2,3)11-14/h12-14,16H,4-11H2,1-3H3/t12-,14?/m0/s1. The minimum atomic E-state index is 0.0716. The third-order valence-electron chi connectivity index (χ3n) is 4.55. The molecule has 1 heterocycles. The summed E-state index contributed by atoms with van der Waals surface area (Å²) >= 11 is 0. The van der Waals surface area contributed by atoms with Crippen LogP contribution >= 0.6 is 0 Å². The Hall–Kier alpha value is -0.0800. The molecular weight excluding hydrogens is 210 g/mol. The average molecular weight is 239 g/mol. The molecule has 1 saturated carbocycles. The van der Waals surface area contributed by atoms with Gasteiger partial charge in [0.25, 0.3) is 0 Å². The highest BCUT2D eigenvalue weighted by Gasteiger charge is 2.30. The number of hydrogen-bond donors (Lipinski definition) is 1. The summed E-state index contributed by atoms with van der Waals surface area (Å²) in [4.78, 5) is 0. The van der Waals surface area contributed by atoms with Gasteiger partial charge in [-0.1, -0.05) is 19.3 Å². The van der Waals surface area contributed by atoms with Crippen molar-refractivity contribution in [3.63, 3.8) is 0 Å². The van der Waals surface area contributed by atoms with Gasteiger partial charge in [0.05, 0.1) is 5.60 Å². The van der Waals surface area contributed by atoms with E-state index < -0.39 is 0 Å². The van der Waals surface area contributed by atoms with Crippen molar-refractivity contribution in [2.24, 2.45) is 5.92 Å². The van der Waals surface area contributed by atoms with Crippen LogP contribution in [0, 0.1) is 5.92 Å². The Labute approximate surface area is 107 Å². The Balaban J connectivity index is 1.79. The molecule has 1 aliphatic heterocycles. The van der Waals surface area contributed by atoms with E-state index in [9.17, 15) is 0 Å². The number of ether oxygens (including phenoxy) is 1. The van der Waals surface area contributed by atoms with Gasteiger partial charge in [-0.15, -0.1) is 0 Å². The van der Waals surface area contributed by atoms with Crippen molar-refractivity contribution in [3.05, 3.63) is 0 Å². The molecule has 2 heteroatoms. The van der Waals surface area contributed by atoms with Crippen LogP contribution in [0.2, 0.25) is 0 Å². The third kappa shape index (κ3) is 3.96. The average Bonchev–Trinajstić information content (AvgIpc) is 2.29. The largest absolute Gasteiger partial charge is 0.375 e. The fourth-order valence-corrected chi connectivity index (χ4v) is 3.52. The highest BCUT2D eigenvalue weighted by Crippen LogP contribution is 2.29. The molecule has 100 valence electrons. The first-order valence-corrected chi connectivity index (χ1v) is 7.47. The van der Waals surface area contributed by atoms with Crippen LogP contribution in [0.4, 0.5) is 0 Å². The summed E-state index contributed by atoms with van der Waals surface area (Å²) in [6.45, 7) is 7.73. The van der Waals surface area contributed by atoms with E-state index in [1.54, 1.807) is 0 Å². The molecular formula is C15H29NO. The van der Waals surface area contributed by atoms with E-state index in [2.05, 4.69) is 26.1 Å². The van der Waals surface area contributed by atoms with Crippen LogP contribution in [0.5, 0.6) is 0 Å². The smallest absolute Gasteiger partial charge is 0.0641 e. The topological polar surface area (TPSA) is 21.3 Å². The van der Waals surface area contributed by atoms with Crippen LogP contribution in [0.3, 0.4) is 0 Å². The van der Waals surface area contributed by atoms with Gasteiger partial charge in [-0.05, 0) is 52.4 Å². The third-order valence-corrected chi connectivity index (χ3v) is 4.55. The maximum atomic E-state index is 5.78. The van der Waals surface area contributed by atoms with Crippen molar-refractivity contribution >= 4 is 0 Å². The SMILES string of the molecule is C[C@H](NC1CCOC(C)(C)C1)C1CCCCC1. The number of hydrogen-bond acceptors (Lipinski definition) is 2. The zero-order valence-electron chi connectivity index (χ0n) is 11.8. The Morgan fingerprint density at radius 2 is 1.82 bits per heavy atom. The van der Waals surface area contributed by atoms with Crippen LogP contribution < -0.4 is 5.32 Å². The van der Waals surface area contributed by atoms with Gasteiger partial charge in [-0.2, -0.15) is 0 Å². The quantitative estimate of drug-likeness (QED) is 0.814. The van der Waals surface area contributed by atoms with Crippen molar-refractivity contribution in [1.29, 1.82) is 0 Å². The minimum absolute atomic E-state index is 0.0716. The van der Waals surface area contributed by atoms with Gasteiger partial charge in [0.2, 0.25) is 0 Å². The summed E-state index contributed by atoms with van der Waals surface area (Å²) in [6.07, 6.45) is 9.53. The predicted molar refractivity (Wildman–Crippen MR) is 72.2 cm³/mol. The molecule has 2 fully saturated rings. The summed E-state index contributed by atoms with van der Waals surface area (Å²) in [7, 11) is 0. The van der Waals surface area contributed by atoms with E-state index in [-0.39, 0.29) is 5.60 Å². The van der Waals surface area contributed by atoms with Gasteiger partial charge in [0.1, 0.15) is 0 Å². The maximum Gasteiger partial charge on any atom is 0.0641 e. The first-order chi connectivity index (χ1) is 8.07. The summed E-state index contributed by atoms with van der Waals surface area (Å²) in [5.41, 5.74) is 0.0716. The molecule has 1 saturated heterocycles. The maximum absolute atomic E-state index is 5.78. The van der Waals surface area contributed by atoms with Gasteiger partial charge >= 0.3 is 0 Å². The summed E-state index contributed by atoms with van der Waals surface area (Å²) in [5, 5.41) is 3.86. The second-order valence-corrected chi connectivity index (χ2v) is 6.65. The number of nitrogens with one attached hydrogen (secondary N) is 1. The van der Waals surface area contributed by atoms with Crippen molar-refractivity contribution in [3.8, 4) is 0 Å². The molecule has 0 amide bonds. The van der Waals surface area contributed by atoms with E-state index in [1.807, 2.05) is 0 Å². The molecule has 0 aromatic heterocycles. The van der Waals surface area contributed by atoms with Crippen LogP contribution in [-0.2, 0) is 4.74 Å². The molecule has 1 N–H and O–H groups in total. The van der Waals surface area contributed by atoms with Crippen molar-refractivity contribution < 1.29 is 4.74 Å². The Kier molecular flexibility index (Phi) is 4.48. The van der Waals surface area contributed by atoms with Gasteiger partial charge in [-0.25, -0.2) is 0 Å². The first kappa shape index (κ1) is 13.4. The summed E-state index contributed by atoms with van der Waals surface area (Å²) in [6, 6.07) is 1.35. The minimum Gasteiger partial charge on any atom is -0.375 e.